The average Bonchev–Trinajstić information content (AvgIpc) is 2.51. The molecule has 2 nitrogen and oxygen atoms in total. The summed E-state index contributed by atoms with van der Waals surface area (Å²) in [6.07, 6.45) is 7.62. The second-order valence-electron chi connectivity index (χ2n) is 6.08. The van der Waals surface area contributed by atoms with Crippen LogP contribution in [0.25, 0.3) is 0 Å². The first-order chi connectivity index (χ1) is 7.56. The molecule has 1 aliphatic heterocycles. The number of rotatable bonds is 3. The highest BCUT2D eigenvalue weighted by Crippen LogP contribution is 2.48. The predicted molar refractivity (Wildman–Crippen MR) is 64.0 cm³/mol. The largest absolute Gasteiger partial charge is 0.462 e. The average molecular weight is 224 g/mol. The van der Waals surface area contributed by atoms with Gasteiger partial charge in [-0.05, 0) is 31.1 Å². The van der Waals surface area contributed by atoms with Gasteiger partial charge in [-0.15, -0.1) is 0 Å². The summed E-state index contributed by atoms with van der Waals surface area (Å²) in [5.74, 6) is 0.678. The molecule has 0 N–H and O–H groups in total. The summed E-state index contributed by atoms with van der Waals surface area (Å²) in [6, 6.07) is 0. The van der Waals surface area contributed by atoms with E-state index >= 15 is 0 Å². The Hall–Kier alpha value is -0.530. The molecule has 92 valence electrons. The van der Waals surface area contributed by atoms with E-state index in [-0.39, 0.29) is 18.0 Å². The predicted octanol–water partition coefficient (Wildman–Crippen LogP) is 3.54. The molecule has 1 aliphatic carbocycles. The van der Waals surface area contributed by atoms with E-state index in [1.165, 1.54) is 32.1 Å². The molecule has 0 aromatic carbocycles. The van der Waals surface area contributed by atoms with Crippen LogP contribution in [0.15, 0.2) is 0 Å². The minimum absolute atomic E-state index is 0.0368. The summed E-state index contributed by atoms with van der Waals surface area (Å²) in [5.41, 5.74) is 0.418. The van der Waals surface area contributed by atoms with Gasteiger partial charge in [0.15, 0.2) is 0 Å². The maximum Gasteiger partial charge on any atom is 0.309 e. The van der Waals surface area contributed by atoms with E-state index in [4.69, 9.17) is 4.74 Å². The first-order valence-corrected chi connectivity index (χ1v) is 6.76. The van der Waals surface area contributed by atoms with Gasteiger partial charge in [0.25, 0.3) is 0 Å². The zero-order valence-electron chi connectivity index (χ0n) is 10.8. The molecule has 1 saturated heterocycles. The highest BCUT2D eigenvalue weighted by atomic mass is 16.6. The lowest BCUT2D eigenvalue weighted by Crippen LogP contribution is -2.34. The number of hydrogen-bond acceptors (Lipinski definition) is 2. The van der Waals surface area contributed by atoms with Gasteiger partial charge in [-0.2, -0.15) is 0 Å². The number of ether oxygens (including phenoxy) is 1. The zero-order chi connectivity index (χ0) is 11.8. The number of carbonyl (C=O) groups is 1. The number of hydrogen-bond donors (Lipinski definition) is 0. The summed E-state index contributed by atoms with van der Waals surface area (Å²) < 4.78 is 5.51. The zero-order valence-corrected chi connectivity index (χ0v) is 10.8. The Balaban J connectivity index is 1.98. The van der Waals surface area contributed by atoms with Crippen LogP contribution in [-0.4, -0.2) is 12.1 Å². The third kappa shape index (κ3) is 2.11. The van der Waals surface area contributed by atoms with E-state index in [1.54, 1.807) is 0 Å². The molecule has 0 spiro atoms. The monoisotopic (exact) mass is 224 g/mol. The van der Waals surface area contributed by atoms with Gasteiger partial charge in [-0.25, -0.2) is 0 Å². The van der Waals surface area contributed by atoms with Gasteiger partial charge >= 0.3 is 5.97 Å². The molecule has 0 bridgehead atoms. The quantitative estimate of drug-likeness (QED) is 0.685. The molecule has 16 heavy (non-hydrogen) atoms. The van der Waals surface area contributed by atoms with Crippen LogP contribution in [0, 0.1) is 17.3 Å². The minimum atomic E-state index is 0.0368. The third-order valence-electron chi connectivity index (χ3n) is 4.67. The number of carbonyl (C=O) groups excluding carboxylic acids is 1. The first-order valence-electron chi connectivity index (χ1n) is 6.76. The smallest absolute Gasteiger partial charge is 0.309 e. The van der Waals surface area contributed by atoms with E-state index in [9.17, 15) is 4.79 Å². The van der Waals surface area contributed by atoms with E-state index in [0.717, 1.165) is 6.42 Å². The van der Waals surface area contributed by atoms with Crippen molar-refractivity contribution < 1.29 is 9.53 Å². The number of esters is 1. The van der Waals surface area contributed by atoms with Crippen molar-refractivity contribution in [2.45, 2.75) is 65.4 Å². The molecule has 2 heteroatoms. The Labute approximate surface area is 98.7 Å². The molecule has 0 radical (unpaired) electrons. The van der Waals surface area contributed by atoms with Crippen molar-refractivity contribution in [1.82, 2.24) is 0 Å². The van der Waals surface area contributed by atoms with Gasteiger partial charge in [0.1, 0.15) is 6.10 Å². The SMILES string of the molecule is CCCC[C@@]1(C)CC[C@@H]2C(C1)OC(=O)[C@@H]2C. The fourth-order valence-electron chi connectivity index (χ4n) is 3.40. The normalized spacial score (nSPS) is 42.9. The molecule has 0 aromatic heterocycles. The minimum Gasteiger partial charge on any atom is -0.462 e. The molecule has 0 amide bonds. The molecule has 0 aromatic rings. The molecular weight excluding hydrogens is 200 g/mol. The van der Waals surface area contributed by atoms with E-state index in [0.29, 0.717) is 11.3 Å². The van der Waals surface area contributed by atoms with Crippen molar-refractivity contribution in [2.75, 3.05) is 0 Å². The summed E-state index contributed by atoms with van der Waals surface area (Å²) in [7, 11) is 0. The fraction of sp³-hybridized carbons (Fsp3) is 0.929. The molecular formula is C14H24O2. The van der Waals surface area contributed by atoms with Crippen LogP contribution in [0.4, 0.5) is 0 Å². The fourth-order valence-corrected chi connectivity index (χ4v) is 3.40. The van der Waals surface area contributed by atoms with Crippen molar-refractivity contribution in [1.29, 1.82) is 0 Å². The van der Waals surface area contributed by atoms with Gasteiger partial charge in [-0.1, -0.05) is 33.6 Å². The Bertz CT molecular complexity index is 274. The number of fused-ring (bicyclic) bond motifs is 1. The Morgan fingerprint density at radius 1 is 1.50 bits per heavy atom. The summed E-state index contributed by atoms with van der Waals surface area (Å²) in [4.78, 5) is 11.5. The lowest BCUT2D eigenvalue weighted by atomic mass is 9.66. The standard InChI is InChI=1S/C14H24O2/c1-4-5-7-14(3)8-6-11-10(2)13(15)16-12(11)9-14/h10-12H,4-9H2,1-3H3/t10-,11+,12?,14+/m1/s1. The van der Waals surface area contributed by atoms with Crippen molar-refractivity contribution in [3.05, 3.63) is 0 Å². The lowest BCUT2D eigenvalue weighted by Gasteiger charge is -2.39. The van der Waals surface area contributed by atoms with Crippen LogP contribution in [0.2, 0.25) is 0 Å². The third-order valence-corrected chi connectivity index (χ3v) is 4.67. The van der Waals surface area contributed by atoms with Crippen LogP contribution in [-0.2, 0) is 9.53 Å². The molecule has 1 heterocycles. The van der Waals surface area contributed by atoms with Crippen LogP contribution in [0.3, 0.4) is 0 Å². The van der Waals surface area contributed by atoms with Gasteiger partial charge in [0.05, 0.1) is 5.92 Å². The van der Waals surface area contributed by atoms with Crippen LogP contribution >= 0.6 is 0 Å². The second kappa shape index (κ2) is 4.38. The maximum atomic E-state index is 11.5. The first kappa shape index (κ1) is 11.9. The van der Waals surface area contributed by atoms with Gasteiger partial charge in [-0.3, -0.25) is 4.79 Å². The molecule has 2 fully saturated rings. The molecule has 4 atom stereocenters. The summed E-state index contributed by atoms with van der Waals surface area (Å²) in [6.45, 7) is 6.64. The Morgan fingerprint density at radius 3 is 2.94 bits per heavy atom. The number of unbranched alkanes of at least 4 members (excludes halogenated alkanes) is 1. The van der Waals surface area contributed by atoms with Gasteiger partial charge < -0.3 is 4.74 Å². The van der Waals surface area contributed by atoms with Gasteiger partial charge in [0, 0.05) is 5.92 Å². The molecule has 1 saturated carbocycles. The highest BCUT2D eigenvalue weighted by Gasteiger charge is 2.48. The molecule has 2 rings (SSSR count). The topological polar surface area (TPSA) is 26.3 Å². The summed E-state index contributed by atoms with van der Waals surface area (Å²) >= 11 is 0. The Morgan fingerprint density at radius 2 is 2.25 bits per heavy atom. The van der Waals surface area contributed by atoms with Crippen molar-refractivity contribution in [2.24, 2.45) is 17.3 Å². The van der Waals surface area contributed by atoms with Crippen LogP contribution in [0.5, 0.6) is 0 Å². The van der Waals surface area contributed by atoms with Crippen molar-refractivity contribution in [3.8, 4) is 0 Å². The van der Waals surface area contributed by atoms with Crippen LogP contribution < -0.4 is 0 Å². The maximum absolute atomic E-state index is 11.5. The van der Waals surface area contributed by atoms with Crippen LogP contribution in [0.1, 0.15) is 59.3 Å². The highest BCUT2D eigenvalue weighted by molar-refractivity contribution is 5.74. The van der Waals surface area contributed by atoms with Crippen molar-refractivity contribution in [3.63, 3.8) is 0 Å². The lowest BCUT2D eigenvalue weighted by molar-refractivity contribution is -0.145. The van der Waals surface area contributed by atoms with E-state index in [2.05, 4.69) is 13.8 Å². The van der Waals surface area contributed by atoms with E-state index < -0.39 is 0 Å². The second-order valence-corrected chi connectivity index (χ2v) is 6.08. The van der Waals surface area contributed by atoms with Crippen molar-refractivity contribution >= 4 is 5.97 Å². The summed E-state index contributed by atoms with van der Waals surface area (Å²) in [5, 5.41) is 0. The molecule has 2 aliphatic rings. The molecule has 1 unspecified atom stereocenters. The van der Waals surface area contributed by atoms with Gasteiger partial charge in [0.2, 0.25) is 0 Å². The van der Waals surface area contributed by atoms with E-state index in [1.807, 2.05) is 6.92 Å². The Kier molecular flexibility index (Phi) is 3.27.